The van der Waals surface area contributed by atoms with Crippen LogP contribution in [0.15, 0.2) is 0 Å². The van der Waals surface area contributed by atoms with Crippen LogP contribution in [0.1, 0.15) is 93.4 Å². The maximum absolute atomic E-state index is 9.13. The fraction of sp³-hybridized carbons (Fsp3) is 1.00. The Labute approximate surface area is 147 Å². The molecule has 0 saturated heterocycles. The summed E-state index contributed by atoms with van der Waals surface area (Å²) in [6.45, 7) is 16.1. The van der Waals surface area contributed by atoms with Gasteiger partial charge >= 0.3 is 0 Å². The molecule has 2 nitrogen and oxygen atoms in total. The topological polar surface area (TPSA) is 40.5 Å². The molecule has 23 heavy (non-hydrogen) atoms. The van der Waals surface area contributed by atoms with E-state index in [4.69, 9.17) is 10.2 Å². The number of aliphatic hydroxyl groups excluding tert-OH is 2. The molecule has 0 aliphatic rings. The van der Waals surface area contributed by atoms with Crippen molar-refractivity contribution >= 4 is 0 Å². The lowest BCUT2D eigenvalue weighted by atomic mass is 9.83. The SMILES string of the molecule is CCC.CCC(C)CCC(C)C(C)CCC(C)CC(CO)CO. The van der Waals surface area contributed by atoms with Crippen molar-refractivity contribution < 1.29 is 10.2 Å². The Balaban J connectivity index is 0. The lowest BCUT2D eigenvalue weighted by Gasteiger charge is -2.24. The second-order valence-electron chi connectivity index (χ2n) is 7.90. The minimum Gasteiger partial charge on any atom is -0.396 e. The van der Waals surface area contributed by atoms with Crippen LogP contribution >= 0.6 is 0 Å². The van der Waals surface area contributed by atoms with E-state index in [1.54, 1.807) is 0 Å². The highest BCUT2D eigenvalue weighted by molar-refractivity contribution is 4.68. The van der Waals surface area contributed by atoms with Crippen molar-refractivity contribution in [1.29, 1.82) is 0 Å². The van der Waals surface area contributed by atoms with Crippen molar-refractivity contribution in [2.45, 2.75) is 93.4 Å². The van der Waals surface area contributed by atoms with Crippen LogP contribution in [0.5, 0.6) is 0 Å². The summed E-state index contributed by atoms with van der Waals surface area (Å²) in [6.07, 6.45) is 8.68. The molecule has 0 saturated carbocycles. The molecule has 0 aromatic rings. The first-order chi connectivity index (χ1) is 10.9. The first-order valence-electron chi connectivity index (χ1n) is 10.1. The molecule has 0 radical (unpaired) electrons. The molecule has 0 aromatic carbocycles. The van der Waals surface area contributed by atoms with E-state index in [0.717, 1.165) is 24.2 Å². The van der Waals surface area contributed by atoms with Crippen LogP contribution in [0.3, 0.4) is 0 Å². The number of hydrogen-bond donors (Lipinski definition) is 2. The molecular weight excluding hydrogens is 284 g/mol. The Bertz CT molecular complexity index is 226. The number of aliphatic hydroxyl groups is 2. The van der Waals surface area contributed by atoms with Crippen LogP contribution < -0.4 is 0 Å². The summed E-state index contributed by atoms with van der Waals surface area (Å²) in [6, 6.07) is 0. The number of hydrogen-bond acceptors (Lipinski definition) is 2. The molecular formula is C21H46O2. The smallest absolute Gasteiger partial charge is 0.0481 e. The van der Waals surface area contributed by atoms with Crippen LogP contribution in [0.25, 0.3) is 0 Å². The molecule has 0 spiro atoms. The lowest BCUT2D eigenvalue weighted by molar-refractivity contribution is 0.128. The van der Waals surface area contributed by atoms with Gasteiger partial charge in [-0.05, 0) is 30.1 Å². The Morgan fingerprint density at radius 1 is 0.652 bits per heavy atom. The average molecular weight is 331 g/mol. The third kappa shape index (κ3) is 15.2. The summed E-state index contributed by atoms with van der Waals surface area (Å²) in [7, 11) is 0. The van der Waals surface area contributed by atoms with Gasteiger partial charge in [-0.3, -0.25) is 0 Å². The Morgan fingerprint density at radius 3 is 1.39 bits per heavy atom. The monoisotopic (exact) mass is 330 g/mol. The third-order valence-corrected chi connectivity index (χ3v) is 5.15. The van der Waals surface area contributed by atoms with Gasteiger partial charge in [-0.1, -0.05) is 87.0 Å². The molecule has 0 aromatic heterocycles. The zero-order chi connectivity index (χ0) is 18.3. The van der Waals surface area contributed by atoms with Crippen LogP contribution in [-0.2, 0) is 0 Å². The van der Waals surface area contributed by atoms with E-state index in [2.05, 4.69) is 48.5 Å². The Hall–Kier alpha value is -0.0800. The fourth-order valence-corrected chi connectivity index (χ4v) is 2.76. The Kier molecular flexibility index (Phi) is 18.3. The maximum atomic E-state index is 9.13. The van der Waals surface area contributed by atoms with Crippen molar-refractivity contribution in [2.75, 3.05) is 13.2 Å². The van der Waals surface area contributed by atoms with E-state index in [-0.39, 0.29) is 19.1 Å². The highest BCUT2D eigenvalue weighted by Crippen LogP contribution is 2.27. The van der Waals surface area contributed by atoms with Gasteiger partial charge in [0.25, 0.3) is 0 Å². The molecule has 2 heteroatoms. The fourth-order valence-electron chi connectivity index (χ4n) is 2.76. The largest absolute Gasteiger partial charge is 0.396 e. The molecule has 0 bridgehead atoms. The van der Waals surface area contributed by atoms with E-state index in [1.165, 1.54) is 38.5 Å². The molecule has 0 amide bonds. The van der Waals surface area contributed by atoms with Crippen LogP contribution in [-0.4, -0.2) is 23.4 Å². The van der Waals surface area contributed by atoms with Gasteiger partial charge in [-0.2, -0.15) is 0 Å². The molecule has 0 heterocycles. The minimum absolute atomic E-state index is 0.0723. The Morgan fingerprint density at radius 2 is 1.04 bits per heavy atom. The molecule has 2 N–H and O–H groups in total. The molecule has 0 fully saturated rings. The summed E-state index contributed by atoms with van der Waals surface area (Å²) in [5, 5.41) is 18.3. The molecule has 4 unspecified atom stereocenters. The summed E-state index contributed by atoms with van der Waals surface area (Å²) in [5.74, 6) is 3.12. The van der Waals surface area contributed by atoms with Crippen molar-refractivity contribution in [3.05, 3.63) is 0 Å². The summed E-state index contributed by atoms with van der Waals surface area (Å²) >= 11 is 0. The zero-order valence-corrected chi connectivity index (χ0v) is 17.1. The zero-order valence-electron chi connectivity index (χ0n) is 17.1. The van der Waals surface area contributed by atoms with Gasteiger partial charge in [0.15, 0.2) is 0 Å². The van der Waals surface area contributed by atoms with Crippen molar-refractivity contribution in [3.8, 4) is 0 Å². The van der Waals surface area contributed by atoms with Gasteiger partial charge < -0.3 is 10.2 Å². The highest BCUT2D eigenvalue weighted by atomic mass is 16.3. The molecule has 4 atom stereocenters. The predicted octanol–water partition coefficient (Wildman–Crippen LogP) is 5.91. The summed E-state index contributed by atoms with van der Waals surface area (Å²) < 4.78 is 0. The van der Waals surface area contributed by atoms with Crippen molar-refractivity contribution in [3.63, 3.8) is 0 Å². The molecule has 0 aliphatic heterocycles. The third-order valence-electron chi connectivity index (χ3n) is 5.15. The lowest BCUT2D eigenvalue weighted by Crippen LogP contribution is -2.16. The standard InChI is InChI=1S/C18H38O2.C3H8/c1-6-14(2)7-9-16(4)17(5)10-8-15(3)11-18(12-19)13-20;1-3-2/h14-20H,6-13H2,1-5H3;3H2,1-2H3. The molecule has 0 rings (SSSR count). The number of rotatable bonds is 12. The van der Waals surface area contributed by atoms with E-state index < -0.39 is 0 Å². The van der Waals surface area contributed by atoms with Gasteiger partial charge in [0.05, 0.1) is 0 Å². The van der Waals surface area contributed by atoms with E-state index in [0.29, 0.717) is 5.92 Å². The first kappa shape index (κ1) is 25.2. The van der Waals surface area contributed by atoms with Gasteiger partial charge in [-0.25, -0.2) is 0 Å². The van der Waals surface area contributed by atoms with E-state index in [1.807, 2.05) is 0 Å². The summed E-state index contributed by atoms with van der Waals surface area (Å²) in [5.41, 5.74) is 0. The van der Waals surface area contributed by atoms with Crippen LogP contribution in [0.4, 0.5) is 0 Å². The highest BCUT2D eigenvalue weighted by Gasteiger charge is 2.16. The summed E-state index contributed by atoms with van der Waals surface area (Å²) in [4.78, 5) is 0. The molecule has 0 aliphatic carbocycles. The first-order valence-corrected chi connectivity index (χ1v) is 10.1. The quantitative estimate of drug-likeness (QED) is 0.467. The molecule has 142 valence electrons. The van der Waals surface area contributed by atoms with Gasteiger partial charge in [0.2, 0.25) is 0 Å². The second-order valence-corrected chi connectivity index (χ2v) is 7.90. The van der Waals surface area contributed by atoms with E-state index in [9.17, 15) is 0 Å². The average Bonchev–Trinajstić information content (AvgIpc) is 2.55. The van der Waals surface area contributed by atoms with E-state index >= 15 is 0 Å². The second kappa shape index (κ2) is 16.8. The maximum Gasteiger partial charge on any atom is 0.0481 e. The normalized spacial score (nSPS) is 16.4. The predicted molar refractivity (Wildman–Crippen MR) is 104 cm³/mol. The minimum atomic E-state index is 0.0723. The van der Waals surface area contributed by atoms with Crippen molar-refractivity contribution in [2.24, 2.45) is 29.6 Å². The van der Waals surface area contributed by atoms with Gasteiger partial charge in [0.1, 0.15) is 0 Å². The van der Waals surface area contributed by atoms with Gasteiger partial charge in [0, 0.05) is 19.1 Å². The van der Waals surface area contributed by atoms with Crippen LogP contribution in [0, 0.1) is 29.6 Å². The van der Waals surface area contributed by atoms with Crippen molar-refractivity contribution in [1.82, 2.24) is 0 Å². The van der Waals surface area contributed by atoms with Crippen LogP contribution in [0.2, 0.25) is 0 Å². The van der Waals surface area contributed by atoms with Gasteiger partial charge in [-0.15, -0.1) is 0 Å².